The summed E-state index contributed by atoms with van der Waals surface area (Å²) in [5, 5.41) is 3.38. The van der Waals surface area contributed by atoms with Crippen LogP contribution in [0.25, 0.3) is 0 Å². The van der Waals surface area contributed by atoms with Crippen molar-refractivity contribution in [2.75, 3.05) is 48.9 Å². The lowest BCUT2D eigenvalue weighted by Crippen LogP contribution is -2.45. The highest BCUT2D eigenvalue weighted by molar-refractivity contribution is 5.80. The van der Waals surface area contributed by atoms with E-state index >= 15 is 0 Å². The molecule has 0 spiro atoms. The van der Waals surface area contributed by atoms with Crippen molar-refractivity contribution in [2.45, 2.75) is 64.3 Å². The van der Waals surface area contributed by atoms with Gasteiger partial charge < -0.3 is 25.6 Å². The summed E-state index contributed by atoms with van der Waals surface area (Å²) in [6, 6.07) is 1.23. The van der Waals surface area contributed by atoms with E-state index in [1.807, 2.05) is 0 Å². The minimum Gasteiger partial charge on any atom is -0.463 e. The zero-order chi connectivity index (χ0) is 18.6. The lowest BCUT2D eigenvalue weighted by molar-refractivity contribution is 0.127. The zero-order valence-electron chi connectivity index (χ0n) is 16.6. The number of unbranched alkanes of at least 4 members (excludes halogenated alkanes) is 1. The van der Waals surface area contributed by atoms with Gasteiger partial charge in [-0.3, -0.25) is 0 Å². The van der Waals surface area contributed by atoms with Crippen LogP contribution in [0.15, 0.2) is 0 Å². The van der Waals surface area contributed by atoms with E-state index in [0.717, 1.165) is 43.6 Å². The Balaban J connectivity index is 1.40. The summed E-state index contributed by atoms with van der Waals surface area (Å²) in [6.07, 6.45) is 10.3. The van der Waals surface area contributed by atoms with Crippen LogP contribution in [0, 0.1) is 5.92 Å². The van der Waals surface area contributed by atoms with Crippen molar-refractivity contribution in [1.29, 1.82) is 0 Å². The Bertz CT molecular complexity index is 633. The van der Waals surface area contributed by atoms with Gasteiger partial charge in [-0.25, -0.2) is 0 Å². The maximum Gasteiger partial charge on any atom is 0.320 e. The fraction of sp³-hybridized carbons (Fsp3) is 0.800. The fourth-order valence-corrected chi connectivity index (χ4v) is 4.78. The van der Waals surface area contributed by atoms with Gasteiger partial charge in [0.2, 0.25) is 0 Å². The number of likely N-dealkylation sites (tertiary alicyclic amines) is 1. The SMILES string of the molecule is CCCCOc1nc(N)c2c(n1)N(CC1CCCN(C3CCCC3)C1)CN2. The van der Waals surface area contributed by atoms with Crippen molar-refractivity contribution in [3.63, 3.8) is 0 Å². The number of piperidine rings is 1. The summed E-state index contributed by atoms with van der Waals surface area (Å²) in [4.78, 5) is 14.0. The quantitative estimate of drug-likeness (QED) is 0.710. The second-order valence-corrected chi connectivity index (χ2v) is 8.29. The molecule has 1 saturated carbocycles. The summed E-state index contributed by atoms with van der Waals surface area (Å²) in [5.41, 5.74) is 7.01. The maximum atomic E-state index is 6.15. The van der Waals surface area contributed by atoms with E-state index in [1.54, 1.807) is 0 Å². The van der Waals surface area contributed by atoms with Crippen molar-refractivity contribution in [1.82, 2.24) is 14.9 Å². The Morgan fingerprint density at radius 1 is 1.19 bits per heavy atom. The first-order chi connectivity index (χ1) is 13.2. The summed E-state index contributed by atoms with van der Waals surface area (Å²) in [6.45, 7) is 7.06. The van der Waals surface area contributed by atoms with Crippen LogP contribution in [0.4, 0.5) is 17.3 Å². The van der Waals surface area contributed by atoms with E-state index in [2.05, 4.69) is 32.0 Å². The van der Waals surface area contributed by atoms with Crippen LogP contribution in [-0.4, -0.2) is 53.8 Å². The van der Waals surface area contributed by atoms with Gasteiger partial charge in [-0.1, -0.05) is 26.2 Å². The number of rotatable bonds is 7. The number of nitrogens with two attached hydrogens (primary N) is 1. The molecule has 7 heteroatoms. The molecule has 0 amide bonds. The van der Waals surface area contributed by atoms with Crippen molar-refractivity contribution in [3.05, 3.63) is 0 Å². The smallest absolute Gasteiger partial charge is 0.320 e. The van der Waals surface area contributed by atoms with Crippen molar-refractivity contribution < 1.29 is 4.74 Å². The Labute approximate surface area is 162 Å². The monoisotopic (exact) mass is 374 g/mol. The summed E-state index contributed by atoms with van der Waals surface area (Å²) < 4.78 is 5.71. The molecule has 3 heterocycles. The molecule has 1 atom stereocenters. The number of aromatic nitrogens is 2. The van der Waals surface area contributed by atoms with Gasteiger partial charge in [0.05, 0.1) is 13.3 Å². The predicted molar refractivity (Wildman–Crippen MR) is 109 cm³/mol. The van der Waals surface area contributed by atoms with Gasteiger partial charge in [0.15, 0.2) is 11.6 Å². The van der Waals surface area contributed by atoms with Crippen molar-refractivity contribution in [2.24, 2.45) is 5.92 Å². The molecule has 0 aromatic carbocycles. The highest BCUT2D eigenvalue weighted by atomic mass is 16.5. The Morgan fingerprint density at radius 3 is 2.85 bits per heavy atom. The lowest BCUT2D eigenvalue weighted by atomic mass is 9.95. The predicted octanol–water partition coefficient (Wildman–Crippen LogP) is 3.08. The number of anilines is 3. The summed E-state index contributed by atoms with van der Waals surface area (Å²) in [5.74, 6) is 2.09. The standard InChI is InChI=1S/C20H34N6O/c1-2-3-11-27-20-23-18(21)17-19(24-20)26(14-22-17)13-15-7-6-10-25(12-15)16-8-4-5-9-16/h15-16,22H,2-14H2,1H3,(H2,21,23,24). The van der Waals surface area contributed by atoms with Crippen LogP contribution < -0.4 is 20.7 Å². The molecule has 2 fully saturated rings. The molecule has 3 aliphatic rings. The van der Waals surface area contributed by atoms with Gasteiger partial charge in [-0.05, 0) is 44.6 Å². The number of ether oxygens (including phenoxy) is 1. The van der Waals surface area contributed by atoms with Crippen molar-refractivity contribution in [3.8, 4) is 6.01 Å². The van der Waals surface area contributed by atoms with Gasteiger partial charge in [-0.15, -0.1) is 0 Å². The minimum absolute atomic E-state index is 0.407. The van der Waals surface area contributed by atoms with Crippen LogP contribution in [0.2, 0.25) is 0 Å². The van der Waals surface area contributed by atoms with E-state index < -0.39 is 0 Å². The van der Waals surface area contributed by atoms with Crippen LogP contribution in [0.3, 0.4) is 0 Å². The third-order valence-corrected chi connectivity index (χ3v) is 6.24. The molecule has 2 aliphatic heterocycles. The molecule has 1 saturated heterocycles. The first kappa shape index (κ1) is 18.6. The van der Waals surface area contributed by atoms with E-state index in [1.165, 1.54) is 51.6 Å². The molecule has 27 heavy (non-hydrogen) atoms. The molecule has 1 unspecified atom stereocenters. The molecule has 4 rings (SSSR count). The molecular formula is C20H34N6O. The van der Waals surface area contributed by atoms with Gasteiger partial charge in [0, 0.05) is 19.1 Å². The van der Waals surface area contributed by atoms with E-state index in [9.17, 15) is 0 Å². The number of fused-ring (bicyclic) bond motifs is 1. The van der Waals surface area contributed by atoms with Crippen molar-refractivity contribution >= 4 is 17.3 Å². The van der Waals surface area contributed by atoms with Gasteiger partial charge in [0.1, 0.15) is 5.69 Å². The first-order valence-corrected chi connectivity index (χ1v) is 10.8. The highest BCUT2D eigenvalue weighted by Gasteiger charge is 2.31. The first-order valence-electron chi connectivity index (χ1n) is 10.8. The molecule has 150 valence electrons. The molecule has 1 aromatic heterocycles. The van der Waals surface area contributed by atoms with Crippen LogP contribution >= 0.6 is 0 Å². The highest BCUT2D eigenvalue weighted by Crippen LogP contribution is 2.36. The average molecular weight is 375 g/mol. The zero-order valence-corrected chi connectivity index (χ0v) is 16.6. The number of nitrogens with one attached hydrogen (secondary N) is 1. The Morgan fingerprint density at radius 2 is 2.04 bits per heavy atom. The molecule has 1 aliphatic carbocycles. The topological polar surface area (TPSA) is 79.5 Å². The van der Waals surface area contributed by atoms with E-state index in [-0.39, 0.29) is 0 Å². The van der Waals surface area contributed by atoms with E-state index in [0.29, 0.717) is 24.4 Å². The molecule has 1 aromatic rings. The Hall–Kier alpha value is -1.76. The second-order valence-electron chi connectivity index (χ2n) is 8.29. The average Bonchev–Trinajstić information content (AvgIpc) is 3.33. The normalized spacial score (nSPS) is 23.4. The number of nitrogens with zero attached hydrogens (tertiary/aromatic N) is 4. The number of nitrogen functional groups attached to an aromatic ring is 1. The third kappa shape index (κ3) is 4.23. The van der Waals surface area contributed by atoms with Gasteiger partial charge in [0.25, 0.3) is 0 Å². The largest absolute Gasteiger partial charge is 0.463 e. The summed E-state index contributed by atoms with van der Waals surface area (Å²) >= 11 is 0. The number of hydrogen-bond donors (Lipinski definition) is 2. The van der Waals surface area contributed by atoms with Gasteiger partial charge in [-0.2, -0.15) is 9.97 Å². The fourth-order valence-electron chi connectivity index (χ4n) is 4.78. The lowest BCUT2D eigenvalue weighted by Gasteiger charge is -2.38. The van der Waals surface area contributed by atoms with E-state index in [4.69, 9.17) is 10.5 Å². The van der Waals surface area contributed by atoms with Crippen LogP contribution in [-0.2, 0) is 0 Å². The molecule has 7 nitrogen and oxygen atoms in total. The van der Waals surface area contributed by atoms with Crippen LogP contribution in [0.5, 0.6) is 6.01 Å². The van der Waals surface area contributed by atoms with Gasteiger partial charge >= 0.3 is 6.01 Å². The molecule has 0 bridgehead atoms. The molecule has 0 radical (unpaired) electrons. The van der Waals surface area contributed by atoms with Crippen LogP contribution in [0.1, 0.15) is 58.3 Å². The second kappa shape index (κ2) is 8.50. The third-order valence-electron chi connectivity index (χ3n) is 6.24. The Kier molecular flexibility index (Phi) is 5.86. The minimum atomic E-state index is 0.407. The molecule has 3 N–H and O–H groups in total. The molecular weight excluding hydrogens is 340 g/mol. The maximum absolute atomic E-state index is 6.15. The summed E-state index contributed by atoms with van der Waals surface area (Å²) in [7, 11) is 0. The number of hydrogen-bond acceptors (Lipinski definition) is 7.